The zero-order valence-electron chi connectivity index (χ0n) is 19.7. The molecular formula is C25H32N4O5. The van der Waals surface area contributed by atoms with E-state index in [1.165, 1.54) is 0 Å². The number of ether oxygens (including phenoxy) is 2. The first-order valence-electron chi connectivity index (χ1n) is 11.9. The van der Waals surface area contributed by atoms with Gasteiger partial charge in [-0.15, -0.1) is 0 Å². The van der Waals surface area contributed by atoms with Crippen LogP contribution in [0.4, 0.5) is 17.1 Å². The van der Waals surface area contributed by atoms with E-state index in [0.29, 0.717) is 44.0 Å². The number of carbonyl (C=O) groups excluding carboxylic acids is 1. The van der Waals surface area contributed by atoms with Gasteiger partial charge in [-0.25, -0.2) is 0 Å². The highest BCUT2D eigenvalue weighted by molar-refractivity contribution is 5.94. The number of hydrogen-bond donors (Lipinski definition) is 1. The molecule has 34 heavy (non-hydrogen) atoms. The Balaban J connectivity index is 1.37. The van der Waals surface area contributed by atoms with Gasteiger partial charge in [-0.05, 0) is 63.1 Å². The van der Waals surface area contributed by atoms with Crippen LogP contribution in [0.5, 0.6) is 5.75 Å². The van der Waals surface area contributed by atoms with Crippen molar-refractivity contribution in [3.8, 4) is 5.75 Å². The third-order valence-corrected chi connectivity index (χ3v) is 6.13. The van der Waals surface area contributed by atoms with E-state index in [2.05, 4.69) is 10.2 Å². The number of rotatable bonds is 8. The van der Waals surface area contributed by atoms with Crippen molar-refractivity contribution in [2.75, 3.05) is 49.5 Å². The maximum absolute atomic E-state index is 12.9. The Labute approximate surface area is 199 Å². The van der Waals surface area contributed by atoms with Crippen LogP contribution in [-0.2, 0) is 4.74 Å². The zero-order chi connectivity index (χ0) is 24.1. The van der Waals surface area contributed by atoms with E-state index in [0.717, 1.165) is 30.9 Å². The molecule has 0 aliphatic carbocycles. The summed E-state index contributed by atoms with van der Waals surface area (Å²) in [6, 6.07) is 12.4. The topological polar surface area (TPSA) is 97.2 Å². The molecule has 0 bridgehead atoms. The maximum atomic E-state index is 12.9. The van der Waals surface area contributed by atoms with E-state index >= 15 is 0 Å². The van der Waals surface area contributed by atoms with Crippen LogP contribution < -0.4 is 15.0 Å². The minimum atomic E-state index is -0.365. The number of nitrogens with zero attached hydrogens (tertiary/aromatic N) is 3. The largest absolute Gasteiger partial charge is 0.491 e. The molecule has 4 rings (SSSR count). The van der Waals surface area contributed by atoms with Gasteiger partial charge in [0.1, 0.15) is 11.4 Å². The average molecular weight is 469 g/mol. The highest BCUT2D eigenvalue weighted by Gasteiger charge is 2.24. The highest BCUT2D eigenvalue weighted by atomic mass is 16.6. The molecule has 2 heterocycles. The predicted molar refractivity (Wildman–Crippen MR) is 131 cm³/mol. The number of benzene rings is 2. The number of nitro groups is 1. The number of amides is 1. The Kier molecular flexibility index (Phi) is 7.52. The molecule has 1 atom stereocenters. The zero-order valence-corrected chi connectivity index (χ0v) is 19.7. The third-order valence-electron chi connectivity index (χ3n) is 6.13. The number of hydrogen-bond acceptors (Lipinski definition) is 7. The summed E-state index contributed by atoms with van der Waals surface area (Å²) < 4.78 is 11.3. The van der Waals surface area contributed by atoms with E-state index in [4.69, 9.17) is 9.47 Å². The van der Waals surface area contributed by atoms with Crippen LogP contribution >= 0.6 is 0 Å². The molecule has 0 aromatic heterocycles. The highest BCUT2D eigenvalue weighted by Crippen LogP contribution is 2.31. The Morgan fingerprint density at radius 3 is 2.53 bits per heavy atom. The molecule has 2 fully saturated rings. The lowest BCUT2D eigenvalue weighted by Crippen LogP contribution is -2.48. The number of piperazine rings is 1. The molecule has 1 unspecified atom stereocenters. The summed E-state index contributed by atoms with van der Waals surface area (Å²) in [6.07, 6.45) is 2.15. The standard InChI is InChI=1S/C25H32N4O5/c1-18(2)34-21-8-5-19(6-9-21)25(30)28-13-11-27(12-14-28)20-7-10-24(29(31)32)23(16-20)26-17-22-4-3-15-33-22/h5-10,16,18,22,26H,3-4,11-15,17H2,1-2H3. The molecule has 0 saturated carbocycles. The van der Waals surface area contributed by atoms with Crippen LogP contribution in [0.2, 0.25) is 0 Å². The second-order valence-corrected chi connectivity index (χ2v) is 8.94. The minimum Gasteiger partial charge on any atom is -0.491 e. The summed E-state index contributed by atoms with van der Waals surface area (Å²) in [5, 5.41) is 14.7. The van der Waals surface area contributed by atoms with Gasteiger partial charge in [-0.3, -0.25) is 14.9 Å². The van der Waals surface area contributed by atoms with Crippen molar-refractivity contribution in [2.45, 2.75) is 38.9 Å². The van der Waals surface area contributed by atoms with E-state index in [-0.39, 0.29) is 28.7 Å². The summed E-state index contributed by atoms with van der Waals surface area (Å²) in [7, 11) is 0. The van der Waals surface area contributed by atoms with Crippen molar-refractivity contribution < 1.29 is 19.2 Å². The van der Waals surface area contributed by atoms with Crippen molar-refractivity contribution >= 4 is 23.0 Å². The Morgan fingerprint density at radius 2 is 1.91 bits per heavy atom. The van der Waals surface area contributed by atoms with Crippen LogP contribution in [0, 0.1) is 10.1 Å². The summed E-state index contributed by atoms with van der Waals surface area (Å²) in [4.78, 5) is 28.1. The lowest BCUT2D eigenvalue weighted by Gasteiger charge is -2.36. The van der Waals surface area contributed by atoms with Crippen molar-refractivity contribution in [1.29, 1.82) is 0 Å². The Hall–Kier alpha value is -3.33. The molecule has 2 aromatic carbocycles. The summed E-state index contributed by atoms with van der Waals surface area (Å²) in [6.45, 7) is 7.70. The first-order chi connectivity index (χ1) is 16.4. The number of nitrogens with one attached hydrogen (secondary N) is 1. The summed E-state index contributed by atoms with van der Waals surface area (Å²) in [5.41, 5.74) is 2.10. The molecule has 2 aliphatic heterocycles. The normalized spacial score (nSPS) is 18.3. The monoisotopic (exact) mass is 468 g/mol. The Morgan fingerprint density at radius 1 is 1.18 bits per heavy atom. The van der Waals surface area contributed by atoms with Gasteiger partial charge in [0.15, 0.2) is 0 Å². The average Bonchev–Trinajstić information content (AvgIpc) is 3.36. The van der Waals surface area contributed by atoms with Crippen LogP contribution in [0.25, 0.3) is 0 Å². The van der Waals surface area contributed by atoms with Gasteiger partial charge in [0.2, 0.25) is 0 Å². The minimum absolute atomic E-state index is 0.00151. The first kappa shape index (κ1) is 23.8. The van der Waals surface area contributed by atoms with Gasteiger partial charge in [-0.1, -0.05) is 0 Å². The fourth-order valence-corrected chi connectivity index (χ4v) is 4.35. The fourth-order valence-electron chi connectivity index (χ4n) is 4.35. The van der Waals surface area contributed by atoms with Gasteiger partial charge in [-0.2, -0.15) is 0 Å². The quantitative estimate of drug-likeness (QED) is 0.463. The fraction of sp³-hybridized carbons (Fsp3) is 0.480. The van der Waals surface area contributed by atoms with Crippen LogP contribution in [0.1, 0.15) is 37.0 Å². The molecule has 2 saturated heterocycles. The van der Waals surface area contributed by atoms with Gasteiger partial charge in [0, 0.05) is 56.6 Å². The van der Waals surface area contributed by atoms with Gasteiger partial charge in [0.05, 0.1) is 17.1 Å². The molecule has 9 nitrogen and oxygen atoms in total. The molecule has 0 radical (unpaired) electrons. The van der Waals surface area contributed by atoms with Crippen LogP contribution in [-0.4, -0.2) is 67.3 Å². The van der Waals surface area contributed by atoms with Crippen molar-refractivity contribution in [3.05, 3.63) is 58.1 Å². The second-order valence-electron chi connectivity index (χ2n) is 8.94. The van der Waals surface area contributed by atoms with E-state index in [1.54, 1.807) is 24.3 Å². The van der Waals surface area contributed by atoms with Gasteiger partial charge in [0.25, 0.3) is 11.6 Å². The number of nitro benzene ring substituents is 1. The lowest BCUT2D eigenvalue weighted by molar-refractivity contribution is -0.383. The molecular weight excluding hydrogens is 436 g/mol. The maximum Gasteiger partial charge on any atom is 0.292 e. The second kappa shape index (κ2) is 10.7. The van der Waals surface area contributed by atoms with Crippen molar-refractivity contribution in [3.63, 3.8) is 0 Å². The molecule has 0 spiro atoms. The predicted octanol–water partition coefficient (Wildman–Crippen LogP) is 3.94. The lowest BCUT2D eigenvalue weighted by atomic mass is 10.1. The number of anilines is 2. The number of carbonyl (C=O) groups is 1. The van der Waals surface area contributed by atoms with Crippen LogP contribution in [0.3, 0.4) is 0 Å². The molecule has 1 amide bonds. The summed E-state index contributed by atoms with van der Waals surface area (Å²) in [5.74, 6) is 0.747. The first-order valence-corrected chi connectivity index (χ1v) is 11.9. The molecule has 2 aromatic rings. The van der Waals surface area contributed by atoms with E-state index < -0.39 is 0 Å². The summed E-state index contributed by atoms with van der Waals surface area (Å²) >= 11 is 0. The van der Waals surface area contributed by atoms with E-state index in [1.807, 2.05) is 36.9 Å². The smallest absolute Gasteiger partial charge is 0.292 e. The Bertz CT molecular complexity index is 997. The van der Waals surface area contributed by atoms with Gasteiger partial charge >= 0.3 is 0 Å². The van der Waals surface area contributed by atoms with Gasteiger partial charge < -0.3 is 24.6 Å². The molecule has 2 aliphatic rings. The van der Waals surface area contributed by atoms with Crippen molar-refractivity contribution in [1.82, 2.24) is 4.90 Å². The molecule has 182 valence electrons. The van der Waals surface area contributed by atoms with Crippen LogP contribution in [0.15, 0.2) is 42.5 Å². The SMILES string of the molecule is CC(C)Oc1ccc(C(=O)N2CCN(c3ccc([N+](=O)[O-])c(NCC4CCCO4)c3)CC2)cc1. The molecule has 1 N–H and O–H groups in total. The van der Waals surface area contributed by atoms with Crippen molar-refractivity contribution in [2.24, 2.45) is 0 Å². The molecule has 9 heteroatoms. The third kappa shape index (κ3) is 5.77. The van der Waals surface area contributed by atoms with E-state index in [9.17, 15) is 14.9 Å².